The SMILES string of the molecule is CO.CO.CO.CO.C[CH]=[Ti]([C]1=CC=CC1)[C]1=CC=CC1.[CH2]=[Ti]([C]1=CC=CC1)[C]1=CC=CC1. The Kier molecular flexibility index (Phi) is 24.9. The molecule has 0 saturated carbocycles. The van der Waals surface area contributed by atoms with Crippen LogP contribution in [0.5, 0.6) is 0 Å². The maximum atomic E-state index is 7.00. The van der Waals surface area contributed by atoms with Gasteiger partial charge in [0, 0.05) is 28.4 Å². The summed E-state index contributed by atoms with van der Waals surface area (Å²) in [6, 6.07) is 0. The van der Waals surface area contributed by atoms with Gasteiger partial charge in [-0.05, 0) is 0 Å². The van der Waals surface area contributed by atoms with E-state index in [4.69, 9.17) is 20.4 Å². The Labute approximate surface area is 212 Å². The second-order valence-electron chi connectivity index (χ2n) is 6.48. The van der Waals surface area contributed by atoms with E-state index in [2.05, 4.69) is 89.0 Å². The van der Waals surface area contributed by atoms with Gasteiger partial charge in [0.15, 0.2) is 0 Å². The van der Waals surface area contributed by atoms with Gasteiger partial charge < -0.3 is 20.4 Å². The molecule has 0 saturated heterocycles. The predicted molar refractivity (Wildman–Crippen MR) is 139 cm³/mol. The number of hydrogen-bond acceptors (Lipinski definition) is 4. The van der Waals surface area contributed by atoms with Crippen LogP contribution in [-0.2, 0) is 34.8 Å². The number of allylic oxidation sites excluding steroid dienone is 16. The summed E-state index contributed by atoms with van der Waals surface area (Å²) < 4.78 is 9.11. The molecule has 0 aromatic heterocycles. The van der Waals surface area contributed by atoms with Gasteiger partial charge in [0.2, 0.25) is 0 Å². The number of aliphatic hydroxyl groups excluding tert-OH is 4. The summed E-state index contributed by atoms with van der Waals surface area (Å²) in [5.74, 6) is 0. The molecular weight excluding hydrogens is 484 g/mol. The van der Waals surface area contributed by atoms with Crippen LogP contribution < -0.4 is 0 Å². The van der Waals surface area contributed by atoms with E-state index in [9.17, 15) is 0 Å². The number of aliphatic hydroxyl groups is 4. The van der Waals surface area contributed by atoms with Crippen molar-refractivity contribution in [2.45, 2.75) is 32.6 Å². The zero-order valence-electron chi connectivity index (χ0n) is 20.8. The molecule has 4 aliphatic carbocycles. The van der Waals surface area contributed by atoms with Crippen molar-refractivity contribution in [2.75, 3.05) is 28.4 Å². The van der Waals surface area contributed by atoms with Gasteiger partial charge in [-0.3, -0.25) is 0 Å². The zero-order chi connectivity index (χ0) is 25.5. The first kappa shape index (κ1) is 34.1. The van der Waals surface area contributed by atoms with Crippen LogP contribution in [-0.4, -0.2) is 58.0 Å². The van der Waals surface area contributed by atoms with E-state index in [1.165, 1.54) is 12.8 Å². The fourth-order valence-electron chi connectivity index (χ4n) is 3.42. The van der Waals surface area contributed by atoms with Crippen LogP contribution in [0.25, 0.3) is 0 Å². The van der Waals surface area contributed by atoms with Gasteiger partial charge in [0.25, 0.3) is 0 Å². The summed E-state index contributed by atoms with van der Waals surface area (Å²) in [7, 11) is 4.00. The van der Waals surface area contributed by atoms with Crippen molar-refractivity contribution in [2.24, 2.45) is 0 Å². The predicted octanol–water partition coefficient (Wildman–Crippen LogP) is 4.27. The third-order valence-electron chi connectivity index (χ3n) is 4.84. The molecule has 4 N–H and O–H groups in total. The Hall–Kier alpha value is -1.07. The Morgan fingerprint density at radius 3 is 1.06 bits per heavy atom. The molecular formula is C27H42O4Ti2. The minimum atomic E-state index is -1.23. The zero-order valence-corrected chi connectivity index (χ0v) is 24.0. The van der Waals surface area contributed by atoms with Gasteiger partial charge in [-0.2, -0.15) is 0 Å². The summed E-state index contributed by atoms with van der Waals surface area (Å²) >= 11 is -2.36. The second-order valence-corrected chi connectivity index (χ2v) is 14.2. The quantitative estimate of drug-likeness (QED) is 0.413. The molecule has 0 spiro atoms. The van der Waals surface area contributed by atoms with Gasteiger partial charge in [-0.1, -0.05) is 0 Å². The molecule has 0 atom stereocenters. The first-order valence-corrected chi connectivity index (χ1v) is 16.0. The molecule has 0 unspecified atom stereocenters. The van der Waals surface area contributed by atoms with Crippen LogP contribution in [0.1, 0.15) is 32.6 Å². The first-order valence-electron chi connectivity index (χ1n) is 10.9. The first-order chi connectivity index (χ1) is 16.3. The maximum absolute atomic E-state index is 7.00. The average Bonchev–Trinajstić information content (AvgIpc) is 3.73. The van der Waals surface area contributed by atoms with Crippen molar-refractivity contribution in [3.63, 3.8) is 0 Å². The molecule has 4 rings (SSSR count). The average molecular weight is 526 g/mol. The van der Waals surface area contributed by atoms with E-state index in [1.54, 1.807) is 15.5 Å². The van der Waals surface area contributed by atoms with Crippen molar-refractivity contribution in [3.8, 4) is 0 Å². The van der Waals surface area contributed by atoms with E-state index in [-0.39, 0.29) is 0 Å². The molecule has 0 aliphatic heterocycles. The van der Waals surface area contributed by atoms with Crippen LogP contribution in [0.2, 0.25) is 0 Å². The summed E-state index contributed by atoms with van der Waals surface area (Å²) in [6.07, 6.45) is 31.7. The van der Waals surface area contributed by atoms with Gasteiger partial charge in [-0.25, -0.2) is 0 Å². The molecule has 0 aromatic carbocycles. The molecule has 0 radical (unpaired) electrons. The third kappa shape index (κ3) is 12.8. The molecule has 4 aliphatic rings. The number of rotatable bonds is 4. The van der Waals surface area contributed by atoms with Crippen LogP contribution in [0.3, 0.4) is 0 Å². The molecule has 0 bridgehead atoms. The van der Waals surface area contributed by atoms with Gasteiger partial charge in [0.05, 0.1) is 0 Å². The van der Waals surface area contributed by atoms with E-state index >= 15 is 0 Å². The van der Waals surface area contributed by atoms with Gasteiger partial charge in [-0.15, -0.1) is 0 Å². The van der Waals surface area contributed by atoms with Crippen LogP contribution in [0, 0.1) is 0 Å². The van der Waals surface area contributed by atoms with Crippen LogP contribution in [0.15, 0.2) is 88.4 Å². The van der Waals surface area contributed by atoms with Crippen molar-refractivity contribution in [1.82, 2.24) is 0 Å². The van der Waals surface area contributed by atoms with Crippen molar-refractivity contribution < 1.29 is 55.2 Å². The third-order valence-corrected chi connectivity index (χ3v) is 12.6. The fraction of sp³-hybridized carbons (Fsp3) is 0.333. The van der Waals surface area contributed by atoms with Gasteiger partial charge >= 0.3 is 165 Å². The summed E-state index contributed by atoms with van der Waals surface area (Å²) in [6.45, 7) is 2.23. The van der Waals surface area contributed by atoms with Crippen LogP contribution in [0.4, 0.5) is 0 Å². The fourth-order valence-corrected chi connectivity index (χ4v) is 9.85. The molecule has 182 valence electrons. The van der Waals surface area contributed by atoms with Gasteiger partial charge in [0.1, 0.15) is 0 Å². The Morgan fingerprint density at radius 1 is 0.576 bits per heavy atom. The van der Waals surface area contributed by atoms with Crippen molar-refractivity contribution in [1.29, 1.82) is 0 Å². The monoisotopic (exact) mass is 526 g/mol. The summed E-state index contributed by atoms with van der Waals surface area (Å²) in [5, 5.41) is 28.0. The number of hydrogen-bond donors (Lipinski definition) is 4. The van der Waals surface area contributed by atoms with E-state index in [0.717, 1.165) is 41.3 Å². The Balaban J connectivity index is 0. The second kappa shape index (κ2) is 24.1. The van der Waals surface area contributed by atoms with Crippen LogP contribution >= 0.6 is 0 Å². The van der Waals surface area contributed by atoms with Crippen molar-refractivity contribution >= 4 is 9.13 Å². The van der Waals surface area contributed by atoms with E-state index in [1.807, 2.05) is 0 Å². The van der Waals surface area contributed by atoms with E-state index < -0.39 is 34.8 Å². The standard InChI is InChI=1S/4C5H5.C2H4.4CH4O.CH2.2Ti/c4*1-2-4-5-3-1;5*1-2;;;/h4*1-3H,4H2;1H,2H3;4*2H,1H3;1H2;;. The molecule has 0 amide bonds. The normalized spacial score (nSPS) is 15.3. The molecule has 0 aromatic rings. The molecule has 4 nitrogen and oxygen atoms in total. The summed E-state index contributed by atoms with van der Waals surface area (Å²) in [5.41, 5.74) is 0. The van der Waals surface area contributed by atoms with E-state index in [0.29, 0.717) is 0 Å². The Bertz CT molecular complexity index is 772. The molecule has 0 fully saturated rings. The molecule has 33 heavy (non-hydrogen) atoms. The summed E-state index contributed by atoms with van der Waals surface area (Å²) in [4.78, 5) is 4.35. The topological polar surface area (TPSA) is 80.9 Å². The Morgan fingerprint density at radius 2 is 0.848 bits per heavy atom. The minimum absolute atomic E-state index is 1.00. The molecule has 6 heteroatoms. The van der Waals surface area contributed by atoms with Crippen molar-refractivity contribution in [3.05, 3.63) is 88.4 Å². The molecule has 0 heterocycles.